The van der Waals surface area contributed by atoms with Gasteiger partial charge >= 0.3 is 6.09 Å². The summed E-state index contributed by atoms with van der Waals surface area (Å²) in [6, 6.07) is 2.61. The molecule has 2 N–H and O–H groups in total. The molecule has 1 unspecified atom stereocenters. The Hall–Kier alpha value is -1.14. The molecule has 1 aliphatic rings. The molecule has 0 spiro atoms. The van der Waals surface area contributed by atoms with E-state index in [2.05, 4.69) is 15.9 Å². The Bertz CT molecular complexity index is 557. The van der Waals surface area contributed by atoms with Crippen LogP contribution in [0.2, 0.25) is 0 Å². The van der Waals surface area contributed by atoms with Gasteiger partial charge in [-0.25, -0.2) is 9.18 Å². The Morgan fingerprint density at radius 1 is 1.48 bits per heavy atom. The van der Waals surface area contributed by atoms with E-state index in [0.717, 1.165) is 4.47 Å². The third-order valence-electron chi connectivity index (χ3n) is 3.33. The van der Waals surface area contributed by atoms with Crippen LogP contribution in [-0.4, -0.2) is 23.1 Å². The van der Waals surface area contributed by atoms with Crippen molar-refractivity contribution in [1.29, 1.82) is 0 Å². The Morgan fingerprint density at radius 2 is 2.14 bits per heavy atom. The summed E-state index contributed by atoms with van der Waals surface area (Å²) in [5.41, 5.74) is 6.70. The summed E-state index contributed by atoms with van der Waals surface area (Å²) in [6.45, 7) is 6.18. The Labute approximate surface area is 132 Å². The number of nitrogens with two attached hydrogens (primary N) is 1. The predicted octanol–water partition coefficient (Wildman–Crippen LogP) is 3.73. The number of nitrogens with zero attached hydrogens (tertiary/aromatic N) is 1. The van der Waals surface area contributed by atoms with Gasteiger partial charge in [-0.2, -0.15) is 0 Å². The van der Waals surface area contributed by atoms with E-state index in [1.165, 1.54) is 6.07 Å². The average Bonchev–Trinajstić information content (AvgIpc) is 2.52. The molecule has 0 fully saturated rings. The van der Waals surface area contributed by atoms with E-state index >= 15 is 0 Å². The summed E-state index contributed by atoms with van der Waals surface area (Å²) >= 11 is 3.42. The minimum absolute atomic E-state index is 0.288. The van der Waals surface area contributed by atoms with E-state index in [0.29, 0.717) is 24.1 Å². The van der Waals surface area contributed by atoms with Crippen LogP contribution < -0.4 is 5.73 Å². The molecule has 1 aromatic carbocycles. The number of rotatable bonds is 0. The van der Waals surface area contributed by atoms with Crippen LogP contribution >= 0.6 is 15.9 Å². The summed E-state index contributed by atoms with van der Waals surface area (Å²) in [7, 11) is 0. The maximum absolute atomic E-state index is 14.0. The van der Waals surface area contributed by atoms with Gasteiger partial charge in [0.2, 0.25) is 0 Å². The summed E-state index contributed by atoms with van der Waals surface area (Å²) < 4.78 is 20.2. The normalized spacial score (nSPS) is 19.0. The second-order valence-corrected chi connectivity index (χ2v) is 7.07. The van der Waals surface area contributed by atoms with Crippen LogP contribution in [0.4, 0.5) is 9.18 Å². The number of amides is 1. The van der Waals surface area contributed by atoms with Gasteiger partial charge in [0, 0.05) is 22.6 Å². The first-order valence-electron chi connectivity index (χ1n) is 6.89. The summed E-state index contributed by atoms with van der Waals surface area (Å²) in [4.78, 5) is 13.8. The van der Waals surface area contributed by atoms with Crippen molar-refractivity contribution in [3.8, 4) is 0 Å². The molecule has 4 nitrogen and oxygen atoms in total. The standard InChI is InChI=1S/C15H20BrFN2O2/c1-15(2,3)21-14(20)19-7-6-12(18)13-9(8-19)10(16)4-5-11(13)17/h4-5,12H,6-8,18H2,1-3H3. The third-order valence-corrected chi connectivity index (χ3v) is 4.07. The zero-order chi connectivity index (χ0) is 15.8. The fraction of sp³-hybridized carbons (Fsp3) is 0.533. The number of carbonyl (C=O) groups is 1. The zero-order valence-corrected chi connectivity index (χ0v) is 14.0. The smallest absolute Gasteiger partial charge is 0.410 e. The van der Waals surface area contributed by atoms with Gasteiger partial charge in [0.15, 0.2) is 0 Å². The van der Waals surface area contributed by atoms with Crippen LogP contribution in [0.1, 0.15) is 44.4 Å². The summed E-state index contributed by atoms with van der Waals surface area (Å²) in [5, 5.41) is 0. The maximum atomic E-state index is 14.0. The molecule has 1 aromatic rings. The molecule has 0 saturated heterocycles. The number of benzene rings is 1. The van der Waals surface area contributed by atoms with Crippen molar-refractivity contribution in [2.75, 3.05) is 6.54 Å². The highest BCUT2D eigenvalue weighted by Crippen LogP contribution is 2.33. The van der Waals surface area contributed by atoms with E-state index in [1.807, 2.05) is 20.8 Å². The van der Waals surface area contributed by atoms with E-state index in [4.69, 9.17) is 10.5 Å². The fourth-order valence-electron chi connectivity index (χ4n) is 2.36. The predicted molar refractivity (Wildman–Crippen MR) is 82.3 cm³/mol. The molecule has 1 heterocycles. The topological polar surface area (TPSA) is 55.6 Å². The highest BCUT2D eigenvalue weighted by molar-refractivity contribution is 9.10. The van der Waals surface area contributed by atoms with Gasteiger partial charge in [0.1, 0.15) is 11.4 Å². The molecule has 116 valence electrons. The van der Waals surface area contributed by atoms with Crippen LogP contribution in [0.3, 0.4) is 0 Å². The number of hydrogen-bond donors (Lipinski definition) is 1. The van der Waals surface area contributed by atoms with Crippen molar-refractivity contribution >= 4 is 22.0 Å². The lowest BCUT2D eigenvalue weighted by Gasteiger charge is -2.26. The van der Waals surface area contributed by atoms with Gasteiger partial charge in [-0.15, -0.1) is 0 Å². The van der Waals surface area contributed by atoms with E-state index < -0.39 is 17.7 Å². The van der Waals surface area contributed by atoms with Gasteiger partial charge < -0.3 is 15.4 Å². The van der Waals surface area contributed by atoms with E-state index in [-0.39, 0.29) is 12.4 Å². The number of halogens is 2. The zero-order valence-electron chi connectivity index (χ0n) is 12.5. The van der Waals surface area contributed by atoms with Crippen molar-refractivity contribution in [2.24, 2.45) is 5.73 Å². The average molecular weight is 359 g/mol. The number of ether oxygens (including phenoxy) is 1. The number of fused-ring (bicyclic) bond motifs is 1. The minimum Gasteiger partial charge on any atom is -0.444 e. The Balaban J connectivity index is 2.31. The quantitative estimate of drug-likeness (QED) is 0.768. The van der Waals surface area contributed by atoms with Crippen molar-refractivity contribution in [3.63, 3.8) is 0 Å². The van der Waals surface area contributed by atoms with Gasteiger partial charge in [0.05, 0.1) is 6.54 Å². The van der Waals surface area contributed by atoms with Crippen LogP contribution in [0.5, 0.6) is 0 Å². The van der Waals surface area contributed by atoms with Crippen molar-refractivity contribution in [3.05, 3.63) is 33.5 Å². The molecular formula is C15H20BrFN2O2. The molecule has 0 saturated carbocycles. The number of carbonyl (C=O) groups excluding carboxylic acids is 1. The largest absolute Gasteiger partial charge is 0.444 e. The minimum atomic E-state index is -0.562. The molecule has 0 aliphatic carbocycles. The molecule has 2 rings (SSSR count). The first-order chi connectivity index (χ1) is 9.69. The monoisotopic (exact) mass is 358 g/mol. The first kappa shape index (κ1) is 16.2. The van der Waals surface area contributed by atoms with Gasteiger partial charge in [-0.05, 0) is 44.9 Å². The molecule has 0 aromatic heterocycles. The molecule has 0 radical (unpaired) electrons. The van der Waals surface area contributed by atoms with Gasteiger partial charge in [-0.1, -0.05) is 15.9 Å². The maximum Gasteiger partial charge on any atom is 0.410 e. The van der Waals surface area contributed by atoms with Crippen molar-refractivity contribution in [2.45, 2.75) is 45.4 Å². The Kier molecular flexibility index (Phi) is 4.58. The lowest BCUT2D eigenvalue weighted by molar-refractivity contribution is 0.0234. The van der Waals surface area contributed by atoms with Crippen molar-refractivity contribution < 1.29 is 13.9 Å². The van der Waals surface area contributed by atoms with Crippen LogP contribution in [0.15, 0.2) is 16.6 Å². The molecule has 6 heteroatoms. The lowest BCUT2D eigenvalue weighted by Crippen LogP contribution is -2.36. The summed E-state index contributed by atoms with van der Waals surface area (Å²) in [6.07, 6.45) is 0.0956. The van der Waals surface area contributed by atoms with Gasteiger partial charge in [0.25, 0.3) is 0 Å². The van der Waals surface area contributed by atoms with Gasteiger partial charge in [-0.3, -0.25) is 0 Å². The van der Waals surface area contributed by atoms with E-state index in [9.17, 15) is 9.18 Å². The second-order valence-electron chi connectivity index (χ2n) is 6.22. The van der Waals surface area contributed by atoms with E-state index in [1.54, 1.807) is 11.0 Å². The SMILES string of the molecule is CC(C)(C)OC(=O)N1CCC(N)c2c(F)ccc(Br)c2C1. The lowest BCUT2D eigenvalue weighted by atomic mass is 9.99. The molecule has 1 aliphatic heterocycles. The molecule has 1 atom stereocenters. The second kappa shape index (κ2) is 5.93. The van der Waals surface area contributed by atoms with Crippen LogP contribution in [0.25, 0.3) is 0 Å². The molecule has 0 bridgehead atoms. The van der Waals surface area contributed by atoms with Crippen LogP contribution in [-0.2, 0) is 11.3 Å². The van der Waals surface area contributed by atoms with Crippen LogP contribution in [0, 0.1) is 5.82 Å². The highest BCUT2D eigenvalue weighted by Gasteiger charge is 2.29. The Morgan fingerprint density at radius 3 is 2.76 bits per heavy atom. The highest BCUT2D eigenvalue weighted by atomic mass is 79.9. The third kappa shape index (κ3) is 3.74. The molecular weight excluding hydrogens is 339 g/mol. The molecule has 21 heavy (non-hydrogen) atoms. The summed E-state index contributed by atoms with van der Waals surface area (Å²) in [5.74, 6) is -0.327. The number of hydrogen-bond acceptors (Lipinski definition) is 3. The first-order valence-corrected chi connectivity index (χ1v) is 7.68. The molecule has 1 amide bonds. The fourth-order valence-corrected chi connectivity index (χ4v) is 2.83. The van der Waals surface area contributed by atoms with Crippen molar-refractivity contribution in [1.82, 2.24) is 4.90 Å².